The van der Waals surface area contributed by atoms with Gasteiger partial charge in [0.1, 0.15) is 5.82 Å². The van der Waals surface area contributed by atoms with Crippen LogP contribution in [-0.4, -0.2) is 22.1 Å². The van der Waals surface area contributed by atoms with Crippen LogP contribution < -0.4 is 5.32 Å². The largest absolute Gasteiger partial charge is 0.332 e. The highest BCUT2D eigenvalue weighted by Crippen LogP contribution is 2.14. The number of hydrogen-bond donors (Lipinski definition) is 1. The van der Waals surface area contributed by atoms with Crippen LogP contribution in [0.25, 0.3) is 0 Å². The molecule has 1 aromatic heterocycles. The molecule has 0 aliphatic carbocycles. The Morgan fingerprint density at radius 3 is 3.14 bits per heavy atom. The fourth-order valence-corrected chi connectivity index (χ4v) is 2.12. The summed E-state index contributed by atoms with van der Waals surface area (Å²) in [4.78, 5) is 4.42. The number of nitrogens with one attached hydrogen (secondary N) is 1. The summed E-state index contributed by atoms with van der Waals surface area (Å²) in [5.74, 6) is 1.22. The van der Waals surface area contributed by atoms with E-state index in [0.29, 0.717) is 12.1 Å². The third-order valence-corrected chi connectivity index (χ3v) is 2.90. The van der Waals surface area contributed by atoms with E-state index in [-0.39, 0.29) is 0 Å². The zero-order valence-corrected chi connectivity index (χ0v) is 9.03. The number of hydrogen-bond acceptors (Lipinski definition) is 2. The van der Waals surface area contributed by atoms with Crippen LogP contribution in [0.2, 0.25) is 0 Å². The Hall–Kier alpha value is -0.830. The van der Waals surface area contributed by atoms with Crippen LogP contribution in [0.4, 0.5) is 0 Å². The van der Waals surface area contributed by atoms with Gasteiger partial charge in [-0.15, -0.1) is 0 Å². The summed E-state index contributed by atoms with van der Waals surface area (Å²) >= 11 is 0. The van der Waals surface area contributed by atoms with Crippen molar-refractivity contribution in [2.45, 2.75) is 45.2 Å². The van der Waals surface area contributed by atoms with Gasteiger partial charge in [0.2, 0.25) is 0 Å². The first-order valence-corrected chi connectivity index (χ1v) is 5.52. The Labute approximate surface area is 85.5 Å². The molecule has 14 heavy (non-hydrogen) atoms. The molecule has 0 aromatic carbocycles. The van der Waals surface area contributed by atoms with Crippen LogP contribution in [0.1, 0.15) is 38.6 Å². The van der Waals surface area contributed by atoms with Crippen molar-refractivity contribution in [2.75, 3.05) is 6.54 Å². The summed E-state index contributed by atoms with van der Waals surface area (Å²) in [6.07, 6.45) is 7.67. The molecule has 1 aliphatic heterocycles. The second-order valence-electron chi connectivity index (χ2n) is 4.34. The molecular formula is C11H19N3. The zero-order valence-electron chi connectivity index (χ0n) is 9.03. The molecule has 1 aliphatic rings. The average molecular weight is 193 g/mol. The maximum absolute atomic E-state index is 4.42. The fourth-order valence-electron chi connectivity index (χ4n) is 2.12. The predicted octanol–water partition coefficient (Wildman–Crippen LogP) is 1.76. The Kier molecular flexibility index (Phi) is 2.87. The Morgan fingerprint density at radius 1 is 1.64 bits per heavy atom. The summed E-state index contributed by atoms with van der Waals surface area (Å²) in [6.45, 7) is 5.58. The molecule has 78 valence electrons. The van der Waals surface area contributed by atoms with E-state index in [1.54, 1.807) is 0 Å². The molecule has 0 bridgehead atoms. The fraction of sp³-hybridized carbons (Fsp3) is 0.727. The molecule has 1 aromatic rings. The van der Waals surface area contributed by atoms with Gasteiger partial charge in [-0.2, -0.15) is 0 Å². The van der Waals surface area contributed by atoms with Crippen molar-refractivity contribution in [1.29, 1.82) is 0 Å². The van der Waals surface area contributed by atoms with Gasteiger partial charge < -0.3 is 9.88 Å². The monoisotopic (exact) mass is 193 g/mol. The second-order valence-corrected chi connectivity index (χ2v) is 4.34. The Balaban J connectivity index is 2.04. The molecule has 0 spiro atoms. The standard InChI is InChI=1S/C11H19N3/c1-9(2)14-7-6-13-11(14)8-10-4-3-5-12-10/h6-7,9-10,12H,3-5,8H2,1-2H3. The molecule has 1 fully saturated rings. The van der Waals surface area contributed by atoms with Gasteiger partial charge in [-0.05, 0) is 33.2 Å². The van der Waals surface area contributed by atoms with Gasteiger partial charge in [0.05, 0.1) is 0 Å². The van der Waals surface area contributed by atoms with Gasteiger partial charge >= 0.3 is 0 Å². The van der Waals surface area contributed by atoms with Crippen LogP contribution in [0.5, 0.6) is 0 Å². The zero-order chi connectivity index (χ0) is 9.97. The maximum atomic E-state index is 4.42. The molecule has 3 nitrogen and oxygen atoms in total. The van der Waals surface area contributed by atoms with Crippen LogP contribution in [0, 0.1) is 0 Å². The van der Waals surface area contributed by atoms with Crippen molar-refractivity contribution in [2.24, 2.45) is 0 Å². The van der Waals surface area contributed by atoms with E-state index in [1.165, 1.54) is 25.2 Å². The Morgan fingerprint density at radius 2 is 2.50 bits per heavy atom. The first-order chi connectivity index (χ1) is 6.77. The molecule has 0 saturated carbocycles. The van der Waals surface area contributed by atoms with Crippen molar-refractivity contribution < 1.29 is 0 Å². The highest BCUT2D eigenvalue weighted by molar-refractivity contribution is 4.98. The van der Waals surface area contributed by atoms with Gasteiger partial charge in [-0.3, -0.25) is 0 Å². The van der Waals surface area contributed by atoms with Crippen molar-refractivity contribution in [3.63, 3.8) is 0 Å². The van der Waals surface area contributed by atoms with Gasteiger partial charge in [0.25, 0.3) is 0 Å². The minimum atomic E-state index is 0.522. The molecule has 3 heteroatoms. The summed E-state index contributed by atoms with van der Waals surface area (Å²) in [5, 5.41) is 3.51. The molecule has 1 unspecified atom stereocenters. The maximum Gasteiger partial charge on any atom is 0.110 e. The van der Waals surface area contributed by atoms with E-state index in [1.807, 2.05) is 6.20 Å². The lowest BCUT2D eigenvalue weighted by molar-refractivity contribution is 0.522. The van der Waals surface area contributed by atoms with Gasteiger partial charge in [-0.25, -0.2) is 4.98 Å². The molecule has 1 saturated heterocycles. The van der Waals surface area contributed by atoms with Crippen LogP contribution in [-0.2, 0) is 6.42 Å². The van der Waals surface area contributed by atoms with Gasteiger partial charge in [0.15, 0.2) is 0 Å². The van der Waals surface area contributed by atoms with Gasteiger partial charge in [0, 0.05) is 30.9 Å². The first kappa shape index (κ1) is 9.71. The third kappa shape index (κ3) is 1.98. The SMILES string of the molecule is CC(C)n1ccnc1CC1CCCN1. The van der Waals surface area contributed by atoms with Gasteiger partial charge in [-0.1, -0.05) is 0 Å². The number of nitrogens with zero attached hydrogens (tertiary/aromatic N) is 2. The smallest absolute Gasteiger partial charge is 0.110 e. The average Bonchev–Trinajstić information content (AvgIpc) is 2.75. The van der Waals surface area contributed by atoms with Crippen molar-refractivity contribution >= 4 is 0 Å². The number of rotatable bonds is 3. The molecule has 1 atom stereocenters. The predicted molar refractivity (Wildman–Crippen MR) is 57.3 cm³/mol. The minimum absolute atomic E-state index is 0.522. The molecule has 0 radical (unpaired) electrons. The minimum Gasteiger partial charge on any atom is -0.332 e. The van der Waals surface area contributed by atoms with Crippen molar-refractivity contribution in [3.05, 3.63) is 18.2 Å². The van der Waals surface area contributed by atoms with Crippen LogP contribution in [0.15, 0.2) is 12.4 Å². The van der Waals surface area contributed by atoms with E-state index in [9.17, 15) is 0 Å². The lowest BCUT2D eigenvalue weighted by Crippen LogP contribution is -2.25. The summed E-state index contributed by atoms with van der Waals surface area (Å²) < 4.78 is 2.26. The molecule has 1 N–H and O–H groups in total. The highest BCUT2D eigenvalue weighted by atomic mass is 15.1. The highest BCUT2D eigenvalue weighted by Gasteiger charge is 2.17. The normalized spacial score (nSPS) is 22.1. The molecule has 0 amide bonds. The van der Waals surface area contributed by atoms with Crippen LogP contribution in [0.3, 0.4) is 0 Å². The van der Waals surface area contributed by atoms with Crippen molar-refractivity contribution in [1.82, 2.24) is 14.9 Å². The summed E-state index contributed by atoms with van der Waals surface area (Å²) in [6, 6.07) is 1.17. The van der Waals surface area contributed by atoms with E-state index in [4.69, 9.17) is 0 Å². The lowest BCUT2D eigenvalue weighted by Gasteiger charge is -2.14. The van der Waals surface area contributed by atoms with E-state index < -0.39 is 0 Å². The number of aromatic nitrogens is 2. The molecular weight excluding hydrogens is 174 g/mol. The molecule has 2 heterocycles. The quantitative estimate of drug-likeness (QED) is 0.792. The topological polar surface area (TPSA) is 29.9 Å². The van der Waals surface area contributed by atoms with E-state index in [0.717, 1.165) is 6.42 Å². The second kappa shape index (κ2) is 4.13. The van der Waals surface area contributed by atoms with Crippen molar-refractivity contribution in [3.8, 4) is 0 Å². The number of imidazole rings is 1. The summed E-state index contributed by atoms with van der Waals surface area (Å²) in [7, 11) is 0. The Bertz CT molecular complexity index is 284. The summed E-state index contributed by atoms with van der Waals surface area (Å²) in [5.41, 5.74) is 0. The first-order valence-electron chi connectivity index (χ1n) is 5.52. The van der Waals surface area contributed by atoms with E-state index in [2.05, 4.69) is 34.9 Å². The third-order valence-electron chi connectivity index (χ3n) is 2.90. The lowest BCUT2D eigenvalue weighted by atomic mass is 10.1. The van der Waals surface area contributed by atoms with Crippen LogP contribution >= 0.6 is 0 Å². The van der Waals surface area contributed by atoms with E-state index >= 15 is 0 Å². The molecule has 2 rings (SSSR count).